The maximum atomic E-state index is 13.1. The normalized spacial score (nSPS) is 13.0. The molecule has 0 aliphatic carbocycles. The van der Waals surface area contributed by atoms with Crippen molar-refractivity contribution in [2.75, 3.05) is 33.0 Å². The predicted octanol–water partition coefficient (Wildman–Crippen LogP) is 1.59. The lowest BCUT2D eigenvalue weighted by atomic mass is 10.0. The van der Waals surface area contributed by atoms with Crippen LogP contribution in [0.1, 0.15) is 22.7 Å². The van der Waals surface area contributed by atoms with E-state index in [1.165, 1.54) is 0 Å². The first-order chi connectivity index (χ1) is 12.3. The molecule has 0 saturated heterocycles. The second-order valence-electron chi connectivity index (χ2n) is 6.96. The number of nitrogens with one attached hydrogen (secondary N) is 2. The molecule has 0 saturated carbocycles. The van der Waals surface area contributed by atoms with Crippen LogP contribution < -0.4 is 10.2 Å². The maximum absolute atomic E-state index is 13.1. The minimum atomic E-state index is -0.472. The molecule has 26 heavy (non-hydrogen) atoms. The molecule has 0 aliphatic rings. The fourth-order valence-corrected chi connectivity index (χ4v) is 2.88. The number of benzene rings is 2. The Labute approximate surface area is 155 Å². The van der Waals surface area contributed by atoms with Gasteiger partial charge in [-0.05, 0) is 31.0 Å². The zero-order valence-electron chi connectivity index (χ0n) is 16.2. The molecular weight excluding hydrogens is 326 g/mol. The van der Waals surface area contributed by atoms with Crippen LogP contribution in [0.25, 0.3) is 0 Å². The van der Waals surface area contributed by atoms with Crippen molar-refractivity contribution in [3.63, 3.8) is 0 Å². The summed E-state index contributed by atoms with van der Waals surface area (Å²) in [6, 6.07) is 15.1. The average molecular weight is 354 g/mol. The van der Waals surface area contributed by atoms with Gasteiger partial charge in [0.05, 0.1) is 7.05 Å². The minimum Gasteiger partial charge on any atom is -0.344 e. The Morgan fingerprint density at radius 2 is 1.73 bits per heavy atom. The van der Waals surface area contributed by atoms with Gasteiger partial charge in [-0.15, -0.1) is 0 Å². The van der Waals surface area contributed by atoms with E-state index in [4.69, 9.17) is 0 Å². The lowest BCUT2D eigenvalue weighted by Crippen LogP contribution is -3.11. The molecule has 0 aromatic heterocycles. The molecule has 0 spiro atoms. The molecule has 0 bridgehead atoms. The second-order valence-corrected chi connectivity index (χ2v) is 6.96. The molecule has 2 aromatic carbocycles. The fourth-order valence-electron chi connectivity index (χ4n) is 2.88. The number of hydrogen-bond donors (Lipinski definition) is 2. The van der Waals surface area contributed by atoms with Crippen molar-refractivity contribution >= 4 is 17.5 Å². The summed E-state index contributed by atoms with van der Waals surface area (Å²) in [5.74, 6) is -0.128. The first-order valence-electron chi connectivity index (χ1n) is 8.75. The van der Waals surface area contributed by atoms with Gasteiger partial charge < -0.3 is 15.1 Å². The standard InChI is InChI=1S/C21H27N3O2/c1-15-11-12-16(2)18(13-15)22-21(26)20(17-9-7-6-8-10-17)24(5)14-19(25)23(3)4/h6-13,20H,14H2,1-5H3,(H,22,26)/p+1/t20-/m1/s1. The highest BCUT2D eigenvalue weighted by Crippen LogP contribution is 2.19. The number of carbonyl (C=O) groups is 2. The van der Waals surface area contributed by atoms with E-state index in [0.717, 1.165) is 27.3 Å². The van der Waals surface area contributed by atoms with Gasteiger partial charge in [0.2, 0.25) is 0 Å². The van der Waals surface area contributed by atoms with Crippen molar-refractivity contribution in [1.29, 1.82) is 0 Å². The Morgan fingerprint density at radius 3 is 2.35 bits per heavy atom. The summed E-state index contributed by atoms with van der Waals surface area (Å²) in [6.45, 7) is 4.21. The Balaban J connectivity index is 2.29. The van der Waals surface area contributed by atoms with E-state index in [1.54, 1.807) is 19.0 Å². The number of nitrogens with zero attached hydrogens (tertiary/aromatic N) is 1. The highest BCUT2D eigenvalue weighted by molar-refractivity contribution is 5.95. The lowest BCUT2D eigenvalue weighted by Gasteiger charge is -2.25. The first-order valence-corrected chi connectivity index (χ1v) is 8.75. The SMILES string of the molecule is Cc1ccc(C)c(NC(=O)[C@@H](c2ccccc2)[NH+](C)CC(=O)N(C)C)c1. The van der Waals surface area contributed by atoms with Crippen LogP contribution in [0.4, 0.5) is 5.69 Å². The topological polar surface area (TPSA) is 53.9 Å². The van der Waals surface area contributed by atoms with Crippen LogP contribution in [-0.4, -0.2) is 44.4 Å². The Morgan fingerprint density at radius 1 is 1.08 bits per heavy atom. The number of carbonyl (C=O) groups excluding carboxylic acids is 2. The van der Waals surface area contributed by atoms with Gasteiger partial charge in [0.1, 0.15) is 0 Å². The molecule has 0 fully saturated rings. The summed E-state index contributed by atoms with van der Waals surface area (Å²) >= 11 is 0. The van der Waals surface area contributed by atoms with E-state index in [0.29, 0.717) is 0 Å². The van der Waals surface area contributed by atoms with Gasteiger partial charge in [-0.3, -0.25) is 9.59 Å². The van der Waals surface area contributed by atoms with Crippen LogP contribution in [0.3, 0.4) is 0 Å². The van der Waals surface area contributed by atoms with Gasteiger partial charge in [-0.2, -0.15) is 0 Å². The van der Waals surface area contributed by atoms with Crippen molar-refractivity contribution in [2.24, 2.45) is 0 Å². The molecule has 0 aliphatic heterocycles. The Bertz CT molecular complexity index is 772. The monoisotopic (exact) mass is 354 g/mol. The molecule has 2 rings (SSSR count). The maximum Gasteiger partial charge on any atom is 0.287 e. The van der Waals surface area contributed by atoms with Crippen LogP contribution in [0.15, 0.2) is 48.5 Å². The van der Waals surface area contributed by atoms with E-state index in [9.17, 15) is 9.59 Å². The van der Waals surface area contributed by atoms with Crippen LogP contribution in [0, 0.1) is 13.8 Å². The third-order valence-electron chi connectivity index (χ3n) is 4.47. The highest BCUT2D eigenvalue weighted by Gasteiger charge is 2.31. The summed E-state index contributed by atoms with van der Waals surface area (Å²) in [4.78, 5) is 27.6. The number of likely N-dealkylation sites (N-methyl/N-ethyl adjacent to an activating group) is 2. The Kier molecular flexibility index (Phi) is 6.52. The third-order valence-corrected chi connectivity index (χ3v) is 4.47. The van der Waals surface area contributed by atoms with E-state index >= 15 is 0 Å². The smallest absolute Gasteiger partial charge is 0.287 e. The molecule has 138 valence electrons. The van der Waals surface area contributed by atoms with Crippen LogP contribution in [-0.2, 0) is 9.59 Å². The van der Waals surface area contributed by atoms with E-state index < -0.39 is 6.04 Å². The van der Waals surface area contributed by atoms with Crippen LogP contribution in [0.5, 0.6) is 0 Å². The van der Waals surface area contributed by atoms with Gasteiger partial charge >= 0.3 is 0 Å². The average Bonchev–Trinajstić information content (AvgIpc) is 2.59. The van der Waals surface area contributed by atoms with Gasteiger partial charge in [0, 0.05) is 25.3 Å². The molecule has 0 radical (unpaired) electrons. The Hall–Kier alpha value is -2.66. The summed E-state index contributed by atoms with van der Waals surface area (Å²) in [5, 5.41) is 3.05. The van der Waals surface area contributed by atoms with Gasteiger partial charge in [-0.25, -0.2) is 0 Å². The van der Waals surface area contributed by atoms with E-state index in [2.05, 4.69) is 5.32 Å². The summed E-state index contributed by atoms with van der Waals surface area (Å²) < 4.78 is 0. The van der Waals surface area contributed by atoms with Gasteiger partial charge in [0.25, 0.3) is 11.8 Å². The summed E-state index contributed by atoms with van der Waals surface area (Å²) in [6.07, 6.45) is 0. The first kappa shape index (κ1) is 19.7. The number of anilines is 1. The minimum absolute atomic E-state index is 0.0111. The third kappa shape index (κ3) is 4.92. The number of amides is 2. The number of hydrogen-bond acceptors (Lipinski definition) is 2. The van der Waals surface area contributed by atoms with Crippen molar-refractivity contribution in [1.82, 2.24) is 4.90 Å². The van der Waals surface area contributed by atoms with Gasteiger partial charge in [-0.1, -0.05) is 42.5 Å². The number of rotatable bonds is 6. The zero-order chi connectivity index (χ0) is 19.3. The van der Waals surface area contributed by atoms with Crippen LogP contribution >= 0.6 is 0 Å². The molecular formula is C21H28N3O2+. The van der Waals surface area contributed by atoms with Crippen molar-refractivity contribution in [3.8, 4) is 0 Å². The fraction of sp³-hybridized carbons (Fsp3) is 0.333. The van der Waals surface area contributed by atoms with E-state index in [1.807, 2.05) is 69.4 Å². The molecule has 0 heterocycles. The summed E-state index contributed by atoms with van der Waals surface area (Å²) in [7, 11) is 5.33. The number of aryl methyl sites for hydroxylation is 2. The van der Waals surface area contributed by atoms with Crippen molar-refractivity contribution < 1.29 is 14.5 Å². The zero-order valence-corrected chi connectivity index (χ0v) is 16.2. The predicted molar refractivity (Wildman–Crippen MR) is 104 cm³/mol. The van der Waals surface area contributed by atoms with Gasteiger partial charge in [0.15, 0.2) is 12.6 Å². The molecule has 2 amide bonds. The quantitative estimate of drug-likeness (QED) is 0.828. The largest absolute Gasteiger partial charge is 0.344 e. The molecule has 5 heteroatoms. The molecule has 5 nitrogen and oxygen atoms in total. The van der Waals surface area contributed by atoms with Crippen LogP contribution in [0.2, 0.25) is 0 Å². The highest BCUT2D eigenvalue weighted by atomic mass is 16.2. The van der Waals surface area contributed by atoms with E-state index in [-0.39, 0.29) is 18.4 Å². The lowest BCUT2D eigenvalue weighted by molar-refractivity contribution is -0.894. The van der Waals surface area contributed by atoms with Crippen molar-refractivity contribution in [2.45, 2.75) is 19.9 Å². The molecule has 2 N–H and O–H groups in total. The molecule has 2 aromatic rings. The molecule has 2 atom stereocenters. The second kappa shape index (κ2) is 8.63. The number of quaternary nitrogens is 1. The molecule has 1 unspecified atom stereocenters. The van der Waals surface area contributed by atoms with Crippen molar-refractivity contribution in [3.05, 3.63) is 65.2 Å². The summed E-state index contributed by atoms with van der Waals surface area (Å²) in [5.41, 5.74) is 3.80.